The summed E-state index contributed by atoms with van der Waals surface area (Å²) in [5.74, 6) is 0.238. The number of carbonyl (C=O) groups excluding carboxylic acids is 1. The predicted molar refractivity (Wildman–Crippen MR) is 65.7 cm³/mol. The van der Waals surface area contributed by atoms with Gasteiger partial charge in [0.05, 0.1) is 12.1 Å². The molecule has 18 heavy (non-hydrogen) atoms. The molecular formula is C11H19N5O2. The van der Waals surface area contributed by atoms with E-state index in [2.05, 4.69) is 27.4 Å². The standard InChI is InChI=1S/C11H19N5O2/c1-7-3-2-4-11(5-7,6-17)14-9(18)8-13-10(12)16-15-8/h7,17H,2-6H2,1H3,(H,14,18)(H3,12,13,15,16). The maximum atomic E-state index is 12.0. The van der Waals surface area contributed by atoms with Crippen molar-refractivity contribution in [2.45, 2.75) is 38.1 Å². The number of aromatic nitrogens is 3. The molecular weight excluding hydrogens is 234 g/mol. The first-order chi connectivity index (χ1) is 8.54. The zero-order chi connectivity index (χ0) is 13.2. The average Bonchev–Trinajstić information content (AvgIpc) is 2.76. The Hall–Kier alpha value is -1.63. The number of amides is 1. The van der Waals surface area contributed by atoms with Gasteiger partial charge in [-0.05, 0) is 18.8 Å². The molecule has 0 bridgehead atoms. The van der Waals surface area contributed by atoms with Crippen molar-refractivity contribution >= 4 is 11.9 Å². The SMILES string of the molecule is CC1CCCC(CO)(NC(=O)c2nc(N)n[nH]2)C1. The number of rotatable bonds is 3. The number of hydrogen-bond acceptors (Lipinski definition) is 5. The van der Waals surface area contributed by atoms with Gasteiger partial charge in [-0.3, -0.25) is 9.89 Å². The minimum absolute atomic E-state index is 0.0372. The Balaban J connectivity index is 2.08. The average molecular weight is 253 g/mol. The summed E-state index contributed by atoms with van der Waals surface area (Å²) in [5.41, 5.74) is 4.81. The molecule has 1 saturated carbocycles. The van der Waals surface area contributed by atoms with Crippen molar-refractivity contribution in [2.75, 3.05) is 12.3 Å². The number of nitrogens with zero attached hydrogens (tertiary/aromatic N) is 2. The van der Waals surface area contributed by atoms with Crippen molar-refractivity contribution in [3.8, 4) is 0 Å². The van der Waals surface area contributed by atoms with E-state index in [1.807, 2.05) is 0 Å². The van der Waals surface area contributed by atoms with Crippen LogP contribution in [0.25, 0.3) is 0 Å². The maximum Gasteiger partial charge on any atom is 0.289 e. The molecule has 1 heterocycles. The van der Waals surface area contributed by atoms with Gasteiger partial charge in [0.15, 0.2) is 0 Å². The summed E-state index contributed by atoms with van der Waals surface area (Å²) in [4.78, 5) is 15.8. The van der Waals surface area contributed by atoms with E-state index in [1.165, 1.54) is 0 Å². The molecule has 1 fully saturated rings. The summed E-state index contributed by atoms with van der Waals surface area (Å²) in [6.45, 7) is 2.06. The second-order valence-corrected chi connectivity index (χ2v) is 5.14. The highest BCUT2D eigenvalue weighted by Crippen LogP contribution is 2.32. The number of hydrogen-bond donors (Lipinski definition) is 4. The predicted octanol–water partition coefficient (Wildman–Crippen LogP) is 0.0579. The third-order valence-electron chi connectivity index (χ3n) is 3.49. The van der Waals surface area contributed by atoms with Crippen LogP contribution in [-0.2, 0) is 0 Å². The van der Waals surface area contributed by atoms with Gasteiger partial charge in [0.25, 0.3) is 5.91 Å². The molecule has 1 aliphatic carbocycles. The van der Waals surface area contributed by atoms with Crippen molar-refractivity contribution in [3.05, 3.63) is 5.82 Å². The first-order valence-electron chi connectivity index (χ1n) is 6.16. The van der Waals surface area contributed by atoms with Crippen LogP contribution in [0.15, 0.2) is 0 Å². The number of aliphatic hydroxyl groups excluding tert-OH is 1. The summed E-state index contributed by atoms with van der Waals surface area (Å²) in [7, 11) is 0. The number of aliphatic hydroxyl groups is 1. The first-order valence-corrected chi connectivity index (χ1v) is 6.16. The fraction of sp³-hybridized carbons (Fsp3) is 0.727. The smallest absolute Gasteiger partial charge is 0.289 e. The van der Waals surface area contributed by atoms with Gasteiger partial charge < -0.3 is 16.2 Å². The Labute approximate surface area is 105 Å². The number of anilines is 1. The second kappa shape index (κ2) is 4.93. The number of nitrogen functional groups attached to an aromatic ring is 1. The molecule has 0 aromatic carbocycles. The van der Waals surface area contributed by atoms with Gasteiger partial charge >= 0.3 is 0 Å². The summed E-state index contributed by atoms with van der Waals surface area (Å²) in [6, 6.07) is 0. The van der Waals surface area contributed by atoms with Crippen LogP contribution in [0.4, 0.5) is 5.95 Å². The Morgan fingerprint density at radius 3 is 3.06 bits per heavy atom. The van der Waals surface area contributed by atoms with Crippen molar-refractivity contribution < 1.29 is 9.90 Å². The normalized spacial score (nSPS) is 28.0. The summed E-state index contributed by atoms with van der Waals surface area (Å²) < 4.78 is 0. The van der Waals surface area contributed by atoms with Crippen LogP contribution in [0.5, 0.6) is 0 Å². The van der Waals surface area contributed by atoms with Gasteiger partial charge in [0, 0.05) is 0 Å². The highest BCUT2D eigenvalue weighted by atomic mass is 16.3. The van der Waals surface area contributed by atoms with E-state index in [0.717, 1.165) is 25.7 Å². The van der Waals surface area contributed by atoms with Crippen LogP contribution in [0.1, 0.15) is 43.2 Å². The lowest BCUT2D eigenvalue weighted by molar-refractivity contribution is 0.0688. The highest BCUT2D eigenvalue weighted by molar-refractivity contribution is 5.91. The van der Waals surface area contributed by atoms with Gasteiger partial charge in [-0.2, -0.15) is 4.98 Å². The molecule has 2 rings (SSSR count). The van der Waals surface area contributed by atoms with Crippen molar-refractivity contribution in [1.29, 1.82) is 0 Å². The lowest BCUT2D eigenvalue weighted by atomic mass is 9.77. The van der Waals surface area contributed by atoms with Crippen LogP contribution in [0.2, 0.25) is 0 Å². The molecule has 1 aromatic heterocycles. The molecule has 7 heteroatoms. The van der Waals surface area contributed by atoms with Crippen molar-refractivity contribution in [1.82, 2.24) is 20.5 Å². The van der Waals surface area contributed by atoms with Gasteiger partial charge in [-0.15, -0.1) is 5.10 Å². The molecule has 7 nitrogen and oxygen atoms in total. The number of H-pyrrole nitrogens is 1. The number of aromatic amines is 1. The quantitative estimate of drug-likeness (QED) is 0.607. The molecule has 2 atom stereocenters. The molecule has 0 spiro atoms. The number of nitrogens with two attached hydrogens (primary N) is 1. The third kappa shape index (κ3) is 2.61. The van der Waals surface area contributed by atoms with E-state index < -0.39 is 5.54 Å². The molecule has 0 aliphatic heterocycles. The Kier molecular flexibility index (Phi) is 3.51. The van der Waals surface area contributed by atoms with E-state index in [0.29, 0.717) is 5.92 Å². The summed E-state index contributed by atoms with van der Waals surface area (Å²) >= 11 is 0. The zero-order valence-corrected chi connectivity index (χ0v) is 10.4. The fourth-order valence-corrected chi connectivity index (χ4v) is 2.63. The van der Waals surface area contributed by atoms with Crippen LogP contribution >= 0.6 is 0 Å². The van der Waals surface area contributed by atoms with E-state index >= 15 is 0 Å². The van der Waals surface area contributed by atoms with E-state index in [4.69, 9.17) is 5.73 Å². The molecule has 0 radical (unpaired) electrons. The van der Waals surface area contributed by atoms with E-state index in [1.54, 1.807) is 0 Å². The maximum absolute atomic E-state index is 12.0. The topological polar surface area (TPSA) is 117 Å². The lowest BCUT2D eigenvalue weighted by Crippen LogP contribution is -2.54. The molecule has 1 aromatic rings. The molecule has 1 aliphatic rings. The summed E-state index contributed by atoms with van der Waals surface area (Å²) in [6.07, 6.45) is 3.69. The van der Waals surface area contributed by atoms with Crippen LogP contribution in [0.3, 0.4) is 0 Å². The number of nitrogens with one attached hydrogen (secondary N) is 2. The second-order valence-electron chi connectivity index (χ2n) is 5.14. The Bertz CT molecular complexity index is 433. The van der Waals surface area contributed by atoms with Crippen molar-refractivity contribution in [2.24, 2.45) is 5.92 Å². The lowest BCUT2D eigenvalue weighted by Gasteiger charge is -2.39. The molecule has 100 valence electrons. The molecule has 0 saturated heterocycles. The van der Waals surface area contributed by atoms with Crippen LogP contribution < -0.4 is 11.1 Å². The Morgan fingerprint density at radius 1 is 1.72 bits per heavy atom. The third-order valence-corrected chi connectivity index (χ3v) is 3.49. The van der Waals surface area contributed by atoms with E-state index in [9.17, 15) is 9.90 Å². The van der Waals surface area contributed by atoms with Crippen molar-refractivity contribution in [3.63, 3.8) is 0 Å². The molecule has 2 unspecified atom stereocenters. The molecule has 5 N–H and O–H groups in total. The minimum atomic E-state index is -0.545. The Morgan fingerprint density at radius 2 is 2.50 bits per heavy atom. The van der Waals surface area contributed by atoms with Gasteiger partial charge in [0.2, 0.25) is 11.8 Å². The van der Waals surface area contributed by atoms with Crippen LogP contribution in [0, 0.1) is 5.92 Å². The zero-order valence-electron chi connectivity index (χ0n) is 10.4. The highest BCUT2D eigenvalue weighted by Gasteiger charge is 2.36. The number of carbonyl (C=O) groups is 1. The first kappa shape index (κ1) is 12.8. The summed E-state index contributed by atoms with van der Waals surface area (Å²) in [5, 5.41) is 18.5. The largest absolute Gasteiger partial charge is 0.394 e. The van der Waals surface area contributed by atoms with Crippen LogP contribution in [-0.4, -0.2) is 38.3 Å². The van der Waals surface area contributed by atoms with E-state index in [-0.39, 0.29) is 24.3 Å². The molecule has 1 amide bonds. The van der Waals surface area contributed by atoms with Gasteiger partial charge in [0.1, 0.15) is 0 Å². The fourth-order valence-electron chi connectivity index (χ4n) is 2.63. The monoisotopic (exact) mass is 253 g/mol. The minimum Gasteiger partial charge on any atom is -0.394 e. The van der Waals surface area contributed by atoms with Gasteiger partial charge in [-0.1, -0.05) is 19.8 Å². The van der Waals surface area contributed by atoms with Gasteiger partial charge in [-0.25, -0.2) is 0 Å².